The van der Waals surface area contributed by atoms with Crippen LogP contribution in [0.4, 0.5) is 0 Å². The lowest BCUT2D eigenvalue weighted by atomic mass is 10.5. The van der Waals surface area contributed by atoms with Crippen molar-refractivity contribution in [2.45, 2.75) is 0 Å². The van der Waals surface area contributed by atoms with E-state index in [-0.39, 0.29) is 25.0 Å². The molecule has 0 saturated carbocycles. The molecule has 6 heteroatoms. The molecule has 0 spiro atoms. The van der Waals surface area contributed by atoms with Gasteiger partial charge in [0.1, 0.15) is 0 Å². The van der Waals surface area contributed by atoms with Crippen molar-refractivity contribution in [3.8, 4) is 0 Å². The molecule has 0 saturated heterocycles. The molecule has 0 aliphatic heterocycles. The van der Waals surface area contributed by atoms with Gasteiger partial charge in [0, 0.05) is 13.1 Å². The summed E-state index contributed by atoms with van der Waals surface area (Å²) in [6.45, 7) is 12.2. The SMILES string of the molecule is C=CC(N)=O.C=CCN(C)CC=C.Cl.O=CC=O. The van der Waals surface area contributed by atoms with E-state index >= 15 is 0 Å². The van der Waals surface area contributed by atoms with Crippen molar-refractivity contribution >= 4 is 30.9 Å². The molecule has 0 aliphatic carbocycles. The highest BCUT2D eigenvalue weighted by Crippen LogP contribution is 1.80. The first-order valence-corrected chi connectivity index (χ1v) is 4.71. The van der Waals surface area contributed by atoms with Crippen molar-refractivity contribution in [1.29, 1.82) is 0 Å². The van der Waals surface area contributed by atoms with E-state index in [2.05, 4.69) is 30.4 Å². The maximum Gasteiger partial charge on any atom is 0.240 e. The zero-order valence-corrected chi connectivity index (χ0v) is 11.4. The molecule has 0 unspecified atom stereocenters. The van der Waals surface area contributed by atoms with Crippen LogP contribution in [0.5, 0.6) is 0 Å². The number of primary amides is 1. The van der Waals surface area contributed by atoms with Crippen molar-refractivity contribution in [3.05, 3.63) is 38.0 Å². The Morgan fingerprint density at radius 2 is 1.39 bits per heavy atom. The number of nitrogens with zero attached hydrogens (tertiary/aromatic N) is 1. The van der Waals surface area contributed by atoms with E-state index < -0.39 is 5.91 Å². The second-order valence-electron chi connectivity index (χ2n) is 2.68. The van der Waals surface area contributed by atoms with Gasteiger partial charge in [0.05, 0.1) is 0 Å². The third kappa shape index (κ3) is 47.5. The molecule has 0 rings (SSSR count). The fraction of sp³-hybridized carbons (Fsp3) is 0.250. The number of hydrogen-bond acceptors (Lipinski definition) is 4. The van der Waals surface area contributed by atoms with Gasteiger partial charge < -0.3 is 5.73 Å². The Morgan fingerprint density at radius 1 is 1.11 bits per heavy atom. The van der Waals surface area contributed by atoms with Crippen LogP contribution in [0.2, 0.25) is 0 Å². The highest BCUT2D eigenvalue weighted by atomic mass is 35.5. The molecule has 0 aliphatic rings. The van der Waals surface area contributed by atoms with E-state index in [4.69, 9.17) is 9.59 Å². The highest BCUT2D eigenvalue weighted by molar-refractivity contribution is 6.09. The topological polar surface area (TPSA) is 80.5 Å². The molecule has 0 bridgehead atoms. The number of halogens is 1. The average Bonchev–Trinajstić information content (AvgIpc) is 2.31. The summed E-state index contributed by atoms with van der Waals surface area (Å²) >= 11 is 0. The van der Waals surface area contributed by atoms with Gasteiger partial charge in [-0.2, -0.15) is 0 Å². The van der Waals surface area contributed by atoms with Crippen molar-refractivity contribution in [1.82, 2.24) is 4.90 Å². The maximum absolute atomic E-state index is 9.47. The van der Waals surface area contributed by atoms with Gasteiger partial charge in [0.25, 0.3) is 0 Å². The zero-order valence-electron chi connectivity index (χ0n) is 10.6. The summed E-state index contributed by atoms with van der Waals surface area (Å²) < 4.78 is 0. The Bertz CT molecular complexity index is 240. The Morgan fingerprint density at radius 3 is 1.50 bits per heavy atom. The molecule has 1 amide bonds. The molecule has 18 heavy (non-hydrogen) atoms. The molecule has 0 atom stereocenters. The lowest BCUT2D eigenvalue weighted by Crippen LogP contribution is -2.17. The number of aldehydes is 2. The fourth-order valence-corrected chi connectivity index (χ4v) is 0.515. The minimum atomic E-state index is -0.481. The van der Waals surface area contributed by atoms with Gasteiger partial charge in [-0.3, -0.25) is 19.3 Å². The molecule has 5 nitrogen and oxygen atoms in total. The first-order valence-electron chi connectivity index (χ1n) is 4.71. The van der Waals surface area contributed by atoms with Crippen molar-refractivity contribution in [3.63, 3.8) is 0 Å². The van der Waals surface area contributed by atoms with Crippen LogP contribution < -0.4 is 5.73 Å². The van der Waals surface area contributed by atoms with E-state index in [1.165, 1.54) is 0 Å². The van der Waals surface area contributed by atoms with Crippen LogP contribution in [-0.4, -0.2) is 43.5 Å². The first kappa shape index (κ1) is 25.2. The zero-order chi connectivity index (χ0) is 14.1. The Balaban J connectivity index is -0.0000000855. The summed E-state index contributed by atoms with van der Waals surface area (Å²) in [5, 5.41) is 0. The van der Waals surface area contributed by atoms with E-state index in [1.54, 1.807) is 0 Å². The van der Waals surface area contributed by atoms with E-state index in [9.17, 15) is 4.79 Å². The molecular formula is C12H21ClN2O3. The summed E-state index contributed by atoms with van der Waals surface area (Å²) in [4.78, 5) is 29.2. The first-order chi connectivity index (χ1) is 7.99. The van der Waals surface area contributed by atoms with Gasteiger partial charge in [-0.05, 0) is 13.1 Å². The molecule has 0 radical (unpaired) electrons. The molecule has 0 fully saturated rings. The lowest BCUT2D eigenvalue weighted by molar-refractivity contribution is -0.122. The molecule has 0 heterocycles. The Kier molecular flexibility index (Phi) is 34.3. The summed E-state index contributed by atoms with van der Waals surface area (Å²) in [6.07, 6.45) is 5.20. The third-order valence-corrected chi connectivity index (χ3v) is 1.14. The minimum absolute atomic E-state index is 0. The van der Waals surface area contributed by atoms with Crippen molar-refractivity contribution in [2.75, 3.05) is 20.1 Å². The van der Waals surface area contributed by atoms with Crippen LogP contribution >= 0.6 is 12.4 Å². The molecule has 0 aromatic heterocycles. The third-order valence-electron chi connectivity index (χ3n) is 1.14. The van der Waals surface area contributed by atoms with E-state index in [1.807, 2.05) is 19.2 Å². The van der Waals surface area contributed by atoms with Crippen molar-refractivity contribution < 1.29 is 14.4 Å². The Hall–Kier alpha value is -1.72. The normalized spacial score (nSPS) is 7.00. The lowest BCUT2D eigenvalue weighted by Gasteiger charge is -2.09. The minimum Gasteiger partial charge on any atom is -0.366 e. The highest BCUT2D eigenvalue weighted by Gasteiger charge is 1.86. The number of carbonyl (C=O) groups excluding carboxylic acids is 3. The summed E-state index contributed by atoms with van der Waals surface area (Å²) in [5.74, 6) is -0.481. The standard InChI is InChI=1S/C7H13N.C3H5NO.C2H2O2.ClH/c1-4-6-8(3)7-5-2;1-2-3(4)5;3-1-2-4;/h4-5H,1-2,6-7H2,3H3;2H,1H2,(H2,4,5);1-2H;1H. The number of nitrogens with two attached hydrogens (primary N) is 1. The number of carbonyl (C=O) groups is 3. The summed E-state index contributed by atoms with van der Waals surface area (Å²) in [7, 11) is 2.03. The number of rotatable bonds is 6. The second kappa shape index (κ2) is 24.5. The van der Waals surface area contributed by atoms with Gasteiger partial charge in [0.2, 0.25) is 5.91 Å². The molecule has 0 aromatic rings. The quantitative estimate of drug-likeness (QED) is 0.336. The number of amides is 1. The summed E-state index contributed by atoms with van der Waals surface area (Å²) in [5.41, 5.74) is 4.53. The molecule has 2 N–H and O–H groups in total. The molecular weight excluding hydrogens is 256 g/mol. The smallest absolute Gasteiger partial charge is 0.240 e. The van der Waals surface area contributed by atoms with Gasteiger partial charge >= 0.3 is 0 Å². The van der Waals surface area contributed by atoms with Crippen LogP contribution in [0.25, 0.3) is 0 Å². The monoisotopic (exact) mass is 276 g/mol. The number of likely N-dealkylation sites (N-methyl/N-ethyl adjacent to an activating group) is 1. The Labute approximate surface area is 114 Å². The summed E-state index contributed by atoms with van der Waals surface area (Å²) in [6, 6.07) is 0. The van der Waals surface area contributed by atoms with Crippen LogP contribution in [0.15, 0.2) is 38.0 Å². The van der Waals surface area contributed by atoms with E-state index in [0.29, 0.717) is 0 Å². The van der Waals surface area contributed by atoms with Crippen molar-refractivity contribution in [2.24, 2.45) is 5.73 Å². The fourth-order valence-electron chi connectivity index (χ4n) is 0.515. The van der Waals surface area contributed by atoms with Gasteiger partial charge in [-0.25, -0.2) is 0 Å². The van der Waals surface area contributed by atoms with Crippen LogP contribution in [0.3, 0.4) is 0 Å². The molecule has 0 aromatic carbocycles. The van der Waals surface area contributed by atoms with Gasteiger partial charge in [0.15, 0.2) is 12.6 Å². The number of hydrogen-bond donors (Lipinski definition) is 1. The second-order valence-corrected chi connectivity index (χ2v) is 2.68. The van der Waals surface area contributed by atoms with Crippen LogP contribution in [-0.2, 0) is 14.4 Å². The van der Waals surface area contributed by atoms with E-state index in [0.717, 1.165) is 19.2 Å². The average molecular weight is 277 g/mol. The van der Waals surface area contributed by atoms with Gasteiger partial charge in [-0.1, -0.05) is 18.7 Å². The molecule has 104 valence electrons. The largest absolute Gasteiger partial charge is 0.366 e. The predicted octanol–water partition coefficient (Wildman–Crippen LogP) is 0.754. The predicted molar refractivity (Wildman–Crippen MR) is 76.7 cm³/mol. The maximum atomic E-state index is 9.47. The van der Waals surface area contributed by atoms with Gasteiger partial charge in [-0.15, -0.1) is 25.6 Å². The van der Waals surface area contributed by atoms with Crippen LogP contribution in [0, 0.1) is 0 Å². The van der Waals surface area contributed by atoms with Crippen LogP contribution in [0.1, 0.15) is 0 Å².